The highest BCUT2D eigenvalue weighted by Gasteiger charge is 2.29. The van der Waals surface area contributed by atoms with Gasteiger partial charge in [0.2, 0.25) is 11.8 Å². The maximum atomic E-state index is 13.6. The lowest BCUT2D eigenvalue weighted by Crippen LogP contribution is -2.49. The summed E-state index contributed by atoms with van der Waals surface area (Å²) >= 11 is 12.3. The van der Waals surface area contributed by atoms with Gasteiger partial charge in [-0.1, -0.05) is 97.7 Å². The molecule has 0 aromatic heterocycles. The van der Waals surface area contributed by atoms with Gasteiger partial charge in [-0.05, 0) is 46.7 Å². The topological polar surface area (TPSA) is 49.4 Å². The van der Waals surface area contributed by atoms with Gasteiger partial charge in [0.05, 0.1) is 10.0 Å². The first-order chi connectivity index (χ1) is 16.8. The molecule has 0 aliphatic heterocycles. The van der Waals surface area contributed by atoms with Crippen LogP contribution in [-0.2, 0) is 29.0 Å². The van der Waals surface area contributed by atoms with E-state index in [0.717, 1.165) is 16.7 Å². The Hall–Kier alpha value is -2.82. The molecule has 3 aromatic carbocycles. The van der Waals surface area contributed by atoms with Crippen molar-refractivity contribution < 1.29 is 9.59 Å². The molecule has 4 nitrogen and oxygen atoms in total. The van der Waals surface area contributed by atoms with Gasteiger partial charge in [-0.3, -0.25) is 9.59 Å². The summed E-state index contributed by atoms with van der Waals surface area (Å²) in [6, 6.07) is 22.7. The third-order valence-electron chi connectivity index (χ3n) is 6.13. The molecular formula is C29H32Cl2N2O2. The number of carbonyl (C=O) groups is 2. The lowest BCUT2D eigenvalue weighted by atomic mass is 9.99. The highest BCUT2D eigenvalue weighted by atomic mass is 35.5. The molecule has 1 unspecified atom stereocenters. The van der Waals surface area contributed by atoms with E-state index in [-0.39, 0.29) is 18.4 Å². The van der Waals surface area contributed by atoms with Crippen LogP contribution in [-0.4, -0.2) is 29.8 Å². The zero-order chi connectivity index (χ0) is 25.4. The maximum absolute atomic E-state index is 13.6. The smallest absolute Gasteiger partial charge is 0.242 e. The first-order valence-corrected chi connectivity index (χ1v) is 12.6. The summed E-state index contributed by atoms with van der Waals surface area (Å²) in [5.41, 5.74) is 4.16. The van der Waals surface area contributed by atoms with Crippen molar-refractivity contribution in [2.75, 3.05) is 7.05 Å². The van der Waals surface area contributed by atoms with Crippen LogP contribution in [0.5, 0.6) is 0 Å². The number of nitrogens with one attached hydrogen (secondary N) is 1. The van der Waals surface area contributed by atoms with Crippen LogP contribution in [0.25, 0.3) is 0 Å². The normalized spacial score (nSPS) is 11.8. The minimum absolute atomic E-state index is 0.0893. The molecule has 1 N–H and O–H groups in total. The van der Waals surface area contributed by atoms with Crippen molar-refractivity contribution in [1.82, 2.24) is 10.2 Å². The quantitative estimate of drug-likeness (QED) is 0.341. The van der Waals surface area contributed by atoms with Crippen molar-refractivity contribution >= 4 is 35.0 Å². The molecule has 0 saturated carbocycles. The molecule has 0 heterocycles. The number of aryl methyl sites for hydroxylation is 1. The number of rotatable bonds is 10. The molecule has 0 bridgehead atoms. The standard InChI is InChI=1S/C29H32Cl2N2O2/c1-20(2)24-13-9-21(10-14-24)12-16-28(34)33(19-23-11-15-25(30)26(31)17-23)27(29(35)32-3)18-22-7-5-4-6-8-22/h4-11,13-15,17,20,27H,12,16,18-19H2,1-3H3,(H,32,35). The number of amides is 2. The number of halogens is 2. The average Bonchev–Trinajstić information content (AvgIpc) is 2.87. The summed E-state index contributed by atoms with van der Waals surface area (Å²) < 4.78 is 0. The number of hydrogen-bond donors (Lipinski definition) is 1. The van der Waals surface area contributed by atoms with Crippen molar-refractivity contribution in [3.8, 4) is 0 Å². The second kappa shape index (κ2) is 12.8. The highest BCUT2D eigenvalue weighted by molar-refractivity contribution is 6.42. The Morgan fingerprint density at radius 1 is 0.857 bits per heavy atom. The van der Waals surface area contributed by atoms with Crippen molar-refractivity contribution in [1.29, 1.82) is 0 Å². The second-order valence-corrected chi connectivity index (χ2v) is 9.80. The van der Waals surface area contributed by atoms with E-state index >= 15 is 0 Å². The summed E-state index contributed by atoms with van der Waals surface area (Å²) in [6.45, 7) is 4.57. The molecule has 3 aromatic rings. The Kier molecular flexibility index (Phi) is 9.76. The molecule has 0 radical (unpaired) electrons. The van der Waals surface area contributed by atoms with Crippen LogP contribution in [0, 0.1) is 0 Å². The largest absolute Gasteiger partial charge is 0.357 e. The minimum atomic E-state index is -0.660. The lowest BCUT2D eigenvalue weighted by molar-refractivity contribution is -0.141. The van der Waals surface area contributed by atoms with Crippen LogP contribution in [0.15, 0.2) is 72.8 Å². The van der Waals surface area contributed by atoms with Crippen LogP contribution in [0.3, 0.4) is 0 Å². The molecular weight excluding hydrogens is 479 g/mol. The van der Waals surface area contributed by atoms with Gasteiger partial charge in [0.15, 0.2) is 0 Å². The Balaban J connectivity index is 1.86. The van der Waals surface area contributed by atoms with Crippen molar-refractivity contribution in [3.05, 3.63) is 105 Å². The van der Waals surface area contributed by atoms with E-state index in [0.29, 0.717) is 35.2 Å². The lowest BCUT2D eigenvalue weighted by Gasteiger charge is -2.31. The van der Waals surface area contributed by atoms with Crippen LogP contribution < -0.4 is 5.32 Å². The third kappa shape index (κ3) is 7.58. The van der Waals surface area contributed by atoms with E-state index in [1.54, 1.807) is 24.1 Å². The van der Waals surface area contributed by atoms with E-state index < -0.39 is 6.04 Å². The Labute approximate surface area is 218 Å². The summed E-state index contributed by atoms with van der Waals surface area (Å²) in [6.07, 6.45) is 1.31. The Morgan fingerprint density at radius 3 is 2.11 bits per heavy atom. The van der Waals surface area contributed by atoms with E-state index in [1.165, 1.54) is 5.56 Å². The molecule has 0 aliphatic rings. The number of nitrogens with zero attached hydrogens (tertiary/aromatic N) is 1. The molecule has 6 heteroatoms. The van der Waals surface area contributed by atoms with Gasteiger partial charge in [-0.25, -0.2) is 0 Å². The number of benzene rings is 3. The first-order valence-electron chi connectivity index (χ1n) is 11.9. The van der Waals surface area contributed by atoms with E-state index in [1.807, 2.05) is 36.4 Å². The summed E-state index contributed by atoms with van der Waals surface area (Å²) in [5, 5.41) is 3.60. The van der Waals surface area contributed by atoms with Crippen LogP contribution in [0.2, 0.25) is 10.0 Å². The van der Waals surface area contributed by atoms with Crippen LogP contribution in [0.1, 0.15) is 48.4 Å². The van der Waals surface area contributed by atoms with Gasteiger partial charge in [0.1, 0.15) is 6.04 Å². The van der Waals surface area contributed by atoms with Gasteiger partial charge in [0, 0.05) is 26.4 Å². The Morgan fingerprint density at radius 2 is 1.51 bits per heavy atom. The molecule has 184 valence electrons. The fourth-order valence-electron chi connectivity index (χ4n) is 4.02. The van der Waals surface area contributed by atoms with E-state index in [2.05, 4.69) is 43.4 Å². The van der Waals surface area contributed by atoms with Crippen molar-refractivity contribution in [2.45, 2.75) is 51.6 Å². The van der Waals surface area contributed by atoms with Gasteiger partial charge >= 0.3 is 0 Å². The van der Waals surface area contributed by atoms with Crippen LogP contribution in [0.4, 0.5) is 0 Å². The monoisotopic (exact) mass is 510 g/mol. The minimum Gasteiger partial charge on any atom is -0.357 e. The van der Waals surface area contributed by atoms with Gasteiger partial charge in [-0.15, -0.1) is 0 Å². The average molecular weight is 511 g/mol. The number of carbonyl (C=O) groups excluding carboxylic acids is 2. The van der Waals surface area contributed by atoms with Crippen LogP contribution >= 0.6 is 23.2 Å². The molecule has 2 amide bonds. The zero-order valence-electron chi connectivity index (χ0n) is 20.4. The summed E-state index contributed by atoms with van der Waals surface area (Å²) in [7, 11) is 1.60. The van der Waals surface area contributed by atoms with Crippen molar-refractivity contribution in [3.63, 3.8) is 0 Å². The van der Waals surface area contributed by atoms with Crippen molar-refractivity contribution in [2.24, 2.45) is 0 Å². The fraction of sp³-hybridized carbons (Fsp3) is 0.310. The highest BCUT2D eigenvalue weighted by Crippen LogP contribution is 2.25. The van der Waals surface area contributed by atoms with E-state index in [4.69, 9.17) is 23.2 Å². The first kappa shape index (κ1) is 26.8. The molecule has 1 atom stereocenters. The number of likely N-dealkylation sites (N-methyl/N-ethyl adjacent to an activating group) is 1. The SMILES string of the molecule is CNC(=O)C(Cc1ccccc1)N(Cc1ccc(Cl)c(Cl)c1)C(=O)CCc1ccc(C(C)C)cc1. The summed E-state index contributed by atoms with van der Waals surface area (Å²) in [4.78, 5) is 28.2. The second-order valence-electron chi connectivity index (χ2n) is 8.99. The molecule has 0 spiro atoms. The zero-order valence-corrected chi connectivity index (χ0v) is 21.9. The van der Waals surface area contributed by atoms with Gasteiger partial charge in [0.25, 0.3) is 0 Å². The van der Waals surface area contributed by atoms with Gasteiger partial charge in [-0.2, -0.15) is 0 Å². The predicted octanol–water partition coefficient (Wildman–Crippen LogP) is 6.44. The fourth-order valence-corrected chi connectivity index (χ4v) is 4.34. The van der Waals surface area contributed by atoms with E-state index in [9.17, 15) is 9.59 Å². The number of hydrogen-bond acceptors (Lipinski definition) is 2. The predicted molar refractivity (Wildman–Crippen MR) is 144 cm³/mol. The molecule has 3 rings (SSSR count). The van der Waals surface area contributed by atoms with Gasteiger partial charge < -0.3 is 10.2 Å². The molecule has 0 aliphatic carbocycles. The summed E-state index contributed by atoms with van der Waals surface area (Å²) in [5.74, 6) is 0.163. The molecule has 0 saturated heterocycles. The third-order valence-corrected chi connectivity index (χ3v) is 6.87. The maximum Gasteiger partial charge on any atom is 0.242 e. The molecule has 0 fully saturated rings. The molecule has 35 heavy (non-hydrogen) atoms. The Bertz CT molecular complexity index is 1130.